The van der Waals surface area contributed by atoms with Gasteiger partial charge in [-0.05, 0) is 47.6 Å². The van der Waals surface area contributed by atoms with E-state index in [1.807, 2.05) is 34.7 Å². The second-order valence-electron chi connectivity index (χ2n) is 5.11. The summed E-state index contributed by atoms with van der Waals surface area (Å²) in [6.07, 6.45) is 8.98. The largest absolute Gasteiger partial charge is 0.382 e. The summed E-state index contributed by atoms with van der Waals surface area (Å²) >= 11 is 2.03. The molecule has 1 aromatic rings. The van der Waals surface area contributed by atoms with Crippen molar-refractivity contribution in [1.29, 1.82) is 0 Å². The van der Waals surface area contributed by atoms with E-state index in [1.165, 1.54) is 44.9 Å². The molecule has 1 fully saturated rings. The van der Waals surface area contributed by atoms with Crippen LogP contribution < -0.4 is 5.32 Å². The Balaban J connectivity index is 2.01. The third kappa shape index (κ3) is 4.33. The number of rotatable bonds is 3. The summed E-state index contributed by atoms with van der Waals surface area (Å²) in [5, 5.41) is 14.3. The van der Waals surface area contributed by atoms with Gasteiger partial charge >= 0.3 is 0 Å². The first-order valence-electron chi connectivity index (χ1n) is 6.87. The fourth-order valence-corrected chi connectivity index (χ4v) is 3.29. The first-order chi connectivity index (χ1) is 9.16. The maximum atomic E-state index is 10.8. The molecular formula is C14H19IN2O2. The number of nitrogens with zero attached hydrogens (tertiary/aromatic N) is 1. The highest BCUT2D eigenvalue weighted by atomic mass is 127. The Bertz CT molecular complexity index is 443. The Labute approximate surface area is 127 Å². The van der Waals surface area contributed by atoms with E-state index in [1.54, 1.807) is 6.07 Å². The second kappa shape index (κ2) is 7.07. The van der Waals surface area contributed by atoms with Crippen molar-refractivity contribution >= 4 is 34.0 Å². The monoisotopic (exact) mass is 374 g/mol. The number of halogens is 1. The van der Waals surface area contributed by atoms with Crippen LogP contribution in [0.4, 0.5) is 11.4 Å². The van der Waals surface area contributed by atoms with E-state index in [9.17, 15) is 10.1 Å². The molecule has 1 saturated carbocycles. The molecule has 2 rings (SSSR count). The second-order valence-corrected chi connectivity index (χ2v) is 6.27. The quantitative estimate of drug-likeness (QED) is 0.473. The minimum absolute atomic E-state index is 0.184. The molecule has 104 valence electrons. The molecule has 1 aromatic carbocycles. The minimum Gasteiger partial charge on any atom is -0.382 e. The lowest BCUT2D eigenvalue weighted by Gasteiger charge is -2.22. The van der Waals surface area contributed by atoms with Crippen LogP contribution in [-0.2, 0) is 0 Å². The highest BCUT2D eigenvalue weighted by Crippen LogP contribution is 2.26. The Hall–Kier alpha value is -0.850. The Morgan fingerprint density at radius 3 is 2.37 bits per heavy atom. The number of benzene rings is 1. The highest BCUT2D eigenvalue weighted by molar-refractivity contribution is 14.1. The summed E-state index contributed by atoms with van der Waals surface area (Å²) in [5.41, 5.74) is 1.18. The fraction of sp³-hybridized carbons (Fsp3) is 0.571. The number of hydrogen-bond acceptors (Lipinski definition) is 3. The third-order valence-corrected chi connectivity index (χ3v) is 4.48. The summed E-state index contributed by atoms with van der Waals surface area (Å²) in [4.78, 5) is 10.5. The Morgan fingerprint density at radius 1 is 1.16 bits per heavy atom. The van der Waals surface area contributed by atoms with E-state index in [2.05, 4.69) is 5.32 Å². The van der Waals surface area contributed by atoms with Gasteiger partial charge in [-0.3, -0.25) is 10.1 Å². The van der Waals surface area contributed by atoms with Crippen molar-refractivity contribution in [3.05, 3.63) is 31.9 Å². The van der Waals surface area contributed by atoms with Crippen LogP contribution in [-0.4, -0.2) is 11.0 Å². The molecule has 0 unspecified atom stereocenters. The number of nitrogens with one attached hydrogen (secondary N) is 1. The van der Waals surface area contributed by atoms with Gasteiger partial charge in [0.2, 0.25) is 0 Å². The zero-order valence-corrected chi connectivity index (χ0v) is 13.1. The van der Waals surface area contributed by atoms with Gasteiger partial charge in [0.15, 0.2) is 0 Å². The molecule has 0 aliphatic heterocycles. The summed E-state index contributed by atoms with van der Waals surface area (Å²) in [5.74, 6) is 0. The van der Waals surface area contributed by atoms with Gasteiger partial charge in [0.1, 0.15) is 0 Å². The first kappa shape index (κ1) is 14.6. The molecule has 19 heavy (non-hydrogen) atoms. The van der Waals surface area contributed by atoms with E-state index < -0.39 is 0 Å². The van der Waals surface area contributed by atoms with Crippen molar-refractivity contribution in [2.75, 3.05) is 5.32 Å². The smallest absolute Gasteiger partial charge is 0.282 e. The average Bonchev–Trinajstić information content (AvgIpc) is 2.32. The molecule has 0 atom stereocenters. The maximum Gasteiger partial charge on any atom is 0.282 e. The summed E-state index contributed by atoms with van der Waals surface area (Å²) in [6, 6.07) is 5.79. The van der Waals surface area contributed by atoms with Crippen LogP contribution in [0.15, 0.2) is 18.2 Å². The molecule has 0 spiro atoms. The van der Waals surface area contributed by atoms with Crippen LogP contribution in [0.5, 0.6) is 0 Å². The minimum atomic E-state index is -0.332. The molecule has 5 heteroatoms. The van der Waals surface area contributed by atoms with E-state index in [0.29, 0.717) is 9.61 Å². The number of nitro benzene ring substituents is 1. The van der Waals surface area contributed by atoms with Crippen LogP contribution in [0.2, 0.25) is 0 Å². The maximum absolute atomic E-state index is 10.8. The standard InChI is InChI=1S/C14H19IN2O2/c15-13-10-12(8-9-14(13)17(18)19)16-11-6-4-2-1-3-5-7-11/h8-11,16H,1-7H2. The fourth-order valence-electron chi connectivity index (χ4n) is 2.58. The van der Waals surface area contributed by atoms with Crippen molar-refractivity contribution in [2.24, 2.45) is 0 Å². The van der Waals surface area contributed by atoms with Crippen LogP contribution in [0, 0.1) is 13.7 Å². The third-order valence-electron chi connectivity index (χ3n) is 3.62. The first-order valence-corrected chi connectivity index (χ1v) is 7.95. The van der Waals surface area contributed by atoms with Crippen molar-refractivity contribution in [2.45, 2.75) is 51.0 Å². The van der Waals surface area contributed by atoms with Crippen LogP contribution in [0.3, 0.4) is 0 Å². The highest BCUT2D eigenvalue weighted by Gasteiger charge is 2.14. The molecular weight excluding hydrogens is 355 g/mol. The topological polar surface area (TPSA) is 55.2 Å². The van der Waals surface area contributed by atoms with E-state index in [-0.39, 0.29) is 10.6 Å². The van der Waals surface area contributed by atoms with E-state index in [4.69, 9.17) is 0 Å². The van der Waals surface area contributed by atoms with Crippen molar-refractivity contribution in [1.82, 2.24) is 0 Å². The van der Waals surface area contributed by atoms with Crippen LogP contribution in [0.1, 0.15) is 44.9 Å². The number of anilines is 1. The molecule has 1 N–H and O–H groups in total. The van der Waals surface area contributed by atoms with Gasteiger partial charge in [-0.15, -0.1) is 0 Å². The van der Waals surface area contributed by atoms with Crippen molar-refractivity contribution in [3.63, 3.8) is 0 Å². The predicted octanol–water partition coefficient (Wildman–Crippen LogP) is 4.72. The molecule has 0 aromatic heterocycles. The molecule has 0 bridgehead atoms. The normalized spacial score (nSPS) is 17.5. The van der Waals surface area contributed by atoms with Gasteiger partial charge in [0.05, 0.1) is 8.49 Å². The summed E-state index contributed by atoms with van der Waals surface area (Å²) in [6.45, 7) is 0. The van der Waals surface area contributed by atoms with Crippen molar-refractivity contribution in [3.8, 4) is 0 Å². The van der Waals surface area contributed by atoms with Crippen LogP contribution in [0.25, 0.3) is 0 Å². The molecule has 0 amide bonds. The molecule has 0 saturated heterocycles. The van der Waals surface area contributed by atoms with Gasteiger partial charge in [-0.25, -0.2) is 0 Å². The van der Waals surface area contributed by atoms with E-state index >= 15 is 0 Å². The van der Waals surface area contributed by atoms with Gasteiger partial charge in [-0.1, -0.05) is 32.1 Å². The SMILES string of the molecule is O=[N+]([O-])c1ccc(NC2CCCCCCC2)cc1I. The van der Waals surface area contributed by atoms with Gasteiger partial charge in [-0.2, -0.15) is 0 Å². The van der Waals surface area contributed by atoms with Crippen LogP contribution >= 0.6 is 22.6 Å². The Morgan fingerprint density at radius 2 is 1.79 bits per heavy atom. The predicted molar refractivity (Wildman–Crippen MR) is 85.5 cm³/mol. The zero-order chi connectivity index (χ0) is 13.7. The van der Waals surface area contributed by atoms with Gasteiger partial charge in [0, 0.05) is 17.8 Å². The zero-order valence-electron chi connectivity index (χ0n) is 10.9. The van der Waals surface area contributed by atoms with Gasteiger partial charge in [0.25, 0.3) is 5.69 Å². The van der Waals surface area contributed by atoms with E-state index in [0.717, 1.165) is 5.69 Å². The summed E-state index contributed by atoms with van der Waals surface area (Å²) < 4.78 is 0.693. The lowest BCUT2D eigenvalue weighted by molar-refractivity contribution is -0.385. The molecule has 1 aliphatic rings. The molecule has 4 nitrogen and oxygen atoms in total. The summed E-state index contributed by atoms with van der Waals surface area (Å²) in [7, 11) is 0. The average molecular weight is 374 g/mol. The molecule has 0 heterocycles. The number of nitro groups is 1. The van der Waals surface area contributed by atoms with Gasteiger partial charge < -0.3 is 5.32 Å². The lowest BCUT2D eigenvalue weighted by atomic mass is 9.96. The lowest BCUT2D eigenvalue weighted by Crippen LogP contribution is -2.20. The number of hydrogen-bond donors (Lipinski definition) is 1. The molecule has 0 radical (unpaired) electrons. The molecule has 1 aliphatic carbocycles. The van der Waals surface area contributed by atoms with Crippen molar-refractivity contribution < 1.29 is 4.92 Å². The Kier molecular flexibility index (Phi) is 5.42.